The van der Waals surface area contributed by atoms with E-state index in [1.807, 2.05) is 11.1 Å². The maximum absolute atomic E-state index is 12.9. The van der Waals surface area contributed by atoms with Crippen molar-refractivity contribution in [3.05, 3.63) is 48.0 Å². The number of nitrogens with zero attached hydrogens (tertiary/aromatic N) is 5. The van der Waals surface area contributed by atoms with Crippen molar-refractivity contribution in [1.29, 1.82) is 0 Å². The minimum atomic E-state index is -0.183. The van der Waals surface area contributed by atoms with Crippen LogP contribution in [0.25, 0.3) is 11.0 Å². The van der Waals surface area contributed by atoms with Crippen LogP contribution in [0.5, 0.6) is 0 Å². The molecule has 36 heavy (non-hydrogen) atoms. The molecule has 6 rings (SSSR count). The van der Waals surface area contributed by atoms with Crippen LogP contribution in [-0.2, 0) is 0 Å². The average Bonchev–Trinajstić information content (AvgIpc) is 3.58. The molecule has 0 aromatic carbocycles. The van der Waals surface area contributed by atoms with Crippen LogP contribution in [0.3, 0.4) is 0 Å². The number of aliphatic hydroxyl groups is 1. The van der Waals surface area contributed by atoms with Gasteiger partial charge in [-0.2, -0.15) is 4.98 Å². The molecule has 2 N–H and O–H groups in total. The highest BCUT2D eigenvalue weighted by atomic mass is 16.3. The number of hydrogen-bond donors (Lipinski definition) is 2. The number of piperidine rings is 1. The number of aromatic nitrogens is 4. The summed E-state index contributed by atoms with van der Waals surface area (Å²) in [6.45, 7) is 3.73. The maximum Gasteiger partial charge on any atom is 0.253 e. The Balaban J connectivity index is 1.24. The summed E-state index contributed by atoms with van der Waals surface area (Å²) in [7, 11) is 0. The molecule has 1 aliphatic heterocycles. The highest BCUT2D eigenvalue weighted by Gasteiger charge is 2.36. The monoisotopic (exact) mass is 488 g/mol. The fourth-order valence-electron chi connectivity index (χ4n) is 6.18. The fourth-order valence-corrected chi connectivity index (χ4v) is 6.18. The van der Waals surface area contributed by atoms with Crippen molar-refractivity contribution in [1.82, 2.24) is 24.4 Å². The summed E-state index contributed by atoms with van der Waals surface area (Å²) in [5, 5.41) is 14.7. The first-order valence-electron chi connectivity index (χ1n) is 13.6. The number of amides is 1. The van der Waals surface area contributed by atoms with Crippen molar-refractivity contribution in [2.45, 2.75) is 82.4 Å². The van der Waals surface area contributed by atoms with Crippen molar-refractivity contribution in [3.63, 3.8) is 0 Å². The van der Waals surface area contributed by atoms with Gasteiger partial charge in [0, 0.05) is 60.9 Å². The number of anilines is 1. The third kappa shape index (κ3) is 4.59. The molecule has 2 atom stereocenters. The molecular weight excluding hydrogens is 452 g/mol. The lowest BCUT2D eigenvalue weighted by Gasteiger charge is -2.32. The summed E-state index contributed by atoms with van der Waals surface area (Å²) < 4.78 is 2.36. The molecular formula is C28H36N6O2. The predicted octanol–water partition coefficient (Wildman–Crippen LogP) is 4.53. The number of pyridine rings is 1. The van der Waals surface area contributed by atoms with E-state index in [1.54, 1.807) is 24.5 Å². The summed E-state index contributed by atoms with van der Waals surface area (Å²) in [6, 6.07) is 4.42. The van der Waals surface area contributed by atoms with Crippen molar-refractivity contribution in [3.8, 4) is 0 Å². The van der Waals surface area contributed by atoms with Gasteiger partial charge in [0.25, 0.3) is 5.91 Å². The van der Waals surface area contributed by atoms with Crippen LogP contribution < -0.4 is 5.32 Å². The van der Waals surface area contributed by atoms with Gasteiger partial charge in [-0.25, -0.2) is 4.98 Å². The van der Waals surface area contributed by atoms with Crippen LogP contribution in [0.4, 0.5) is 5.95 Å². The first kappa shape index (κ1) is 23.4. The molecule has 1 amide bonds. The molecule has 2 aliphatic carbocycles. The topological polar surface area (TPSA) is 96.2 Å². The van der Waals surface area contributed by atoms with Crippen LogP contribution in [0.15, 0.2) is 36.9 Å². The van der Waals surface area contributed by atoms with E-state index in [9.17, 15) is 9.90 Å². The average molecular weight is 489 g/mol. The van der Waals surface area contributed by atoms with E-state index in [2.05, 4.69) is 28.0 Å². The Bertz CT molecular complexity index is 1210. The molecule has 3 aliphatic rings. The van der Waals surface area contributed by atoms with E-state index in [-0.39, 0.29) is 12.0 Å². The van der Waals surface area contributed by atoms with Gasteiger partial charge in [0.2, 0.25) is 5.95 Å². The first-order chi connectivity index (χ1) is 17.6. The lowest BCUT2D eigenvalue weighted by atomic mass is 9.89. The molecule has 0 unspecified atom stereocenters. The molecule has 8 nitrogen and oxygen atoms in total. The standard InChI is InChI=1S/C28H36N6O2/c1-2-18-15-25(18)31-28-30-16-23-24(17-34(26(23)32-28)21-3-5-22(35)6-4-21)19-9-13-33(14-10-19)27(36)20-7-11-29-12-8-20/h7-8,11-12,16-19,21-22,25,35H,2-6,9-10,13-15H2,1H3,(H,30,31,32)/t18-,21?,22?,25-/m0/s1. The molecule has 3 fully saturated rings. The van der Waals surface area contributed by atoms with Gasteiger partial charge in [0.05, 0.1) is 6.10 Å². The molecule has 3 aromatic heterocycles. The van der Waals surface area contributed by atoms with Gasteiger partial charge in [-0.1, -0.05) is 13.3 Å². The predicted molar refractivity (Wildman–Crippen MR) is 139 cm³/mol. The molecule has 8 heteroatoms. The zero-order valence-corrected chi connectivity index (χ0v) is 21.0. The van der Waals surface area contributed by atoms with E-state index >= 15 is 0 Å². The molecule has 0 bridgehead atoms. The number of carbonyl (C=O) groups is 1. The van der Waals surface area contributed by atoms with Crippen LogP contribution in [0.1, 0.15) is 86.2 Å². The van der Waals surface area contributed by atoms with Crippen LogP contribution in [0.2, 0.25) is 0 Å². The summed E-state index contributed by atoms with van der Waals surface area (Å²) in [4.78, 5) is 28.7. The Morgan fingerprint density at radius 3 is 2.56 bits per heavy atom. The number of carbonyl (C=O) groups excluding carboxylic acids is 1. The zero-order chi connectivity index (χ0) is 24.6. The van der Waals surface area contributed by atoms with E-state index in [0.717, 1.165) is 74.5 Å². The second-order valence-electron chi connectivity index (χ2n) is 10.8. The Labute approximate surface area is 212 Å². The largest absolute Gasteiger partial charge is 0.393 e. The third-order valence-corrected chi connectivity index (χ3v) is 8.57. The van der Waals surface area contributed by atoms with E-state index < -0.39 is 0 Å². The van der Waals surface area contributed by atoms with Gasteiger partial charge in [-0.3, -0.25) is 9.78 Å². The Kier molecular flexibility index (Phi) is 6.37. The van der Waals surface area contributed by atoms with E-state index in [4.69, 9.17) is 9.97 Å². The van der Waals surface area contributed by atoms with Crippen molar-refractivity contribution in [2.75, 3.05) is 18.4 Å². The molecule has 3 aromatic rings. The highest BCUT2D eigenvalue weighted by molar-refractivity contribution is 5.94. The number of likely N-dealkylation sites (tertiary alicyclic amines) is 1. The Morgan fingerprint density at radius 1 is 1.11 bits per heavy atom. The Morgan fingerprint density at radius 2 is 1.86 bits per heavy atom. The smallest absolute Gasteiger partial charge is 0.253 e. The summed E-state index contributed by atoms with van der Waals surface area (Å²) >= 11 is 0. The summed E-state index contributed by atoms with van der Waals surface area (Å²) in [5.74, 6) is 1.91. The summed E-state index contributed by atoms with van der Waals surface area (Å²) in [6.07, 6.45) is 15.3. The SMILES string of the molecule is CC[C@H]1C[C@@H]1Nc1ncc2c(C3CCN(C(=O)c4ccncc4)CC3)cn(C3CCC(O)CC3)c2n1. The van der Waals surface area contributed by atoms with Gasteiger partial charge in [0.15, 0.2) is 0 Å². The second-order valence-corrected chi connectivity index (χ2v) is 10.8. The van der Waals surface area contributed by atoms with Crippen LogP contribution in [-0.4, -0.2) is 60.7 Å². The quantitative estimate of drug-likeness (QED) is 0.529. The molecule has 2 saturated carbocycles. The molecule has 1 saturated heterocycles. The molecule has 4 heterocycles. The van der Waals surface area contributed by atoms with Crippen LogP contribution in [0, 0.1) is 5.92 Å². The van der Waals surface area contributed by atoms with Gasteiger partial charge >= 0.3 is 0 Å². The number of fused-ring (bicyclic) bond motifs is 1. The number of rotatable bonds is 6. The minimum absolute atomic E-state index is 0.0866. The Hall–Kier alpha value is -3.00. The van der Waals surface area contributed by atoms with Crippen molar-refractivity contribution in [2.24, 2.45) is 5.92 Å². The van der Waals surface area contributed by atoms with Crippen LogP contribution >= 0.6 is 0 Å². The second kappa shape index (κ2) is 9.81. The molecule has 0 spiro atoms. The summed E-state index contributed by atoms with van der Waals surface area (Å²) in [5.41, 5.74) is 3.01. The minimum Gasteiger partial charge on any atom is -0.393 e. The third-order valence-electron chi connectivity index (χ3n) is 8.57. The van der Waals surface area contributed by atoms with Gasteiger partial charge in [0.1, 0.15) is 5.65 Å². The highest BCUT2D eigenvalue weighted by Crippen LogP contribution is 2.39. The van der Waals surface area contributed by atoms with Gasteiger partial charge in [-0.05, 0) is 74.5 Å². The van der Waals surface area contributed by atoms with Crippen molar-refractivity contribution >= 4 is 22.9 Å². The zero-order valence-electron chi connectivity index (χ0n) is 21.0. The van der Waals surface area contributed by atoms with Crippen molar-refractivity contribution < 1.29 is 9.90 Å². The lowest BCUT2D eigenvalue weighted by Crippen LogP contribution is -2.37. The number of hydrogen-bond acceptors (Lipinski definition) is 6. The van der Waals surface area contributed by atoms with E-state index in [1.165, 1.54) is 18.4 Å². The number of aliphatic hydroxyl groups excluding tert-OH is 1. The maximum atomic E-state index is 12.9. The molecule has 190 valence electrons. The van der Waals surface area contributed by atoms with Gasteiger partial charge < -0.3 is 19.9 Å². The van der Waals surface area contributed by atoms with Gasteiger partial charge in [-0.15, -0.1) is 0 Å². The normalized spacial score (nSPS) is 26.8. The van der Waals surface area contributed by atoms with E-state index in [0.29, 0.717) is 23.6 Å². The fraction of sp³-hybridized carbons (Fsp3) is 0.571. The first-order valence-corrected chi connectivity index (χ1v) is 13.6. The lowest BCUT2D eigenvalue weighted by molar-refractivity contribution is 0.0713. The molecule has 0 radical (unpaired) electrons. The number of nitrogens with one attached hydrogen (secondary N) is 1.